The first-order chi connectivity index (χ1) is 22.8. The summed E-state index contributed by atoms with van der Waals surface area (Å²) in [6.45, 7) is 0. The van der Waals surface area contributed by atoms with E-state index >= 15 is 0 Å². The zero-order valence-corrected chi connectivity index (χ0v) is 25.0. The van der Waals surface area contributed by atoms with Crippen LogP contribution in [0.3, 0.4) is 0 Å². The van der Waals surface area contributed by atoms with Gasteiger partial charge in [-0.3, -0.25) is 0 Å². The molecule has 9 aromatic rings. The Morgan fingerprint density at radius 3 is 1.30 bits per heavy atom. The highest BCUT2D eigenvalue weighted by atomic mass is 15.1. The van der Waals surface area contributed by atoms with Crippen LogP contribution in [-0.4, -0.2) is 19.1 Å². The van der Waals surface area contributed by atoms with Crippen molar-refractivity contribution in [2.45, 2.75) is 0 Å². The topological polar surface area (TPSA) is 35.6 Å². The van der Waals surface area contributed by atoms with Gasteiger partial charge in [-0.15, -0.1) is 0 Å². The fraction of sp³-hybridized carbons (Fsp3) is 0. The van der Waals surface area contributed by atoms with E-state index in [1.54, 1.807) is 0 Å². The number of nitrogens with zero attached hydrogens (tertiary/aromatic N) is 4. The Balaban J connectivity index is 1.24. The number of hydrogen-bond acceptors (Lipinski definition) is 2. The molecular formula is C42H28N4. The van der Waals surface area contributed by atoms with Crippen LogP contribution >= 0.6 is 0 Å². The Labute approximate surface area is 266 Å². The molecule has 0 radical (unpaired) electrons. The lowest BCUT2D eigenvalue weighted by Crippen LogP contribution is -1.97. The fourth-order valence-electron chi connectivity index (χ4n) is 6.65. The summed E-state index contributed by atoms with van der Waals surface area (Å²) >= 11 is 0. The van der Waals surface area contributed by atoms with Crippen molar-refractivity contribution in [1.82, 2.24) is 19.1 Å². The second-order valence-corrected chi connectivity index (χ2v) is 11.5. The average molecular weight is 589 g/mol. The van der Waals surface area contributed by atoms with Crippen LogP contribution in [-0.2, 0) is 0 Å². The van der Waals surface area contributed by atoms with Crippen LogP contribution in [0.2, 0.25) is 0 Å². The van der Waals surface area contributed by atoms with Crippen molar-refractivity contribution in [3.63, 3.8) is 0 Å². The molecular weight excluding hydrogens is 560 g/mol. The molecule has 0 aliphatic rings. The van der Waals surface area contributed by atoms with Gasteiger partial charge in [0.1, 0.15) is 0 Å². The van der Waals surface area contributed by atoms with Crippen LogP contribution in [0.25, 0.3) is 78.1 Å². The monoisotopic (exact) mass is 588 g/mol. The van der Waals surface area contributed by atoms with Gasteiger partial charge in [0.25, 0.3) is 0 Å². The first-order valence-corrected chi connectivity index (χ1v) is 15.5. The van der Waals surface area contributed by atoms with Gasteiger partial charge in [0.05, 0.1) is 33.5 Å². The van der Waals surface area contributed by atoms with Crippen molar-refractivity contribution in [1.29, 1.82) is 0 Å². The van der Waals surface area contributed by atoms with Crippen molar-refractivity contribution in [3.05, 3.63) is 170 Å². The van der Waals surface area contributed by atoms with E-state index in [-0.39, 0.29) is 0 Å². The second kappa shape index (κ2) is 10.7. The highest BCUT2D eigenvalue weighted by molar-refractivity contribution is 6.19. The maximum atomic E-state index is 5.05. The van der Waals surface area contributed by atoms with Crippen LogP contribution in [0.5, 0.6) is 0 Å². The minimum Gasteiger partial charge on any atom is -0.307 e. The molecule has 0 atom stereocenters. The fourth-order valence-corrected chi connectivity index (χ4v) is 6.65. The molecule has 3 aromatic heterocycles. The first-order valence-electron chi connectivity index (χ1n) is 15.5. The SMILES string of the molecule is c1ccc(-c2cc(-c3ccc(-n4c5ccccc5c5c4c4ccccc4n5-c4ccccc4)cc3)nc(-c3ccccc3)n2)cc1. The maximum absolute atomic E-state index is 5.05. The molecule has 0 N–H and O–H groups in total. The summed E-state index contributed by atoms with van der Waals surface area (Å²) in [5, 5.41) is 2.44. The van der Waals surface area contributed by atoms with Gasteiger partial charge in [-0.25, -0.2) is 9.97 Å². The van der Waals surface area contributed by atoms with E-state index in [0.29, 0.717) is 5.82 Å². The van der Waals surface area contributed by atoms with E-state index in [1.165, 1.54) is 32.8 Å². The lowest BCUT2D eigenvalue weighted by Gasteiger charge is -2.11. The van der Waals surface area contributed by atoms with E-state index < -0.39 is 0 Å². The number of fused-ring (bicyclic) bond motifs is 5. The number of para-hydroxylation sites is 3. The van der Waals surface area contributed by atoms with Gasteiger partial charge >= 0.3 is 0 Å². The molecule has 0 unspecified atom stereocenters. The largest absolute Gasteiger partial charge is 0.307 e. The molecule has 0 amide bonds. The Hall–Kier alpha value is -6.26. The quantitative estimate of drug-likeness (QED) is 0.200. The molecule has 216 valence electrons. The van der Waals surface area contributed by atoms with Gasteiger partial charge in [0.2, 0.25) is 0 Å². The van der Waals surface area contributed by atoms with Crippen LogP contribution in [0.4, 0.5) is 0 Å². The normalized spacial score (nSPS) is 11.5. The standard InChI is InChI=1S/C42H28N4/c1-4-14-29(15-5-1)36-28-37(44-42(43-36)31-16-6-2-7-17-31)30-24-26-33(27-25-30)46-39-23-13-11-21-35(39)40-41(46)34-20-10-12-22-38(34)45(40)32-18-8-3-9-19-32/h1-28H. The third-order valence-corrected chi connectivity index (χ3v) is 8.74. The third kappa shape index (κ3) is 4.23. The molecule has 0 bridgehead atoms. The van der Waals surface area contributed by atoms with E-state index in [4.69, 9.17) is 9.97 Å². The smallest absolute Gasteiger partial charge is 0.160 e. The summed E-state index contributed by atoms with van der Waals surface area (Å²) in [6, 6.07) is 59.4. The molecule has 0 aliphatic heterocycles. The summed E-state index contributed by atoms with van der Waals surface area (Å²) in [5.74, 6) is 0.716. The molecule has 6 aromatic carbocycles. The number of aromatic nitrogens is 4. The lowest BCUT2D eigenvalue weighted by molar-refractivity contribution is 1.17. The number of benzene rings is 6. The molecule has 46 heavy (non-hydrogen) atoms. The third-order valence-electron chi connectivity index (χ3n) is 8.74. The van der Waals surface area contributed by atoms with Crippen LogP contribution in [0.15, 0.2) is 170 Å². The van der Waals surface area contributed by atoms with Gasteiger partial charge in [-0.2, -0.15) is 0 Å². The zero-order chi connectivity index (χ0) is 30.5. The molecule has 9 rings (SSSR count). The van der Waals surface area contributed by atoms with E-state index in [1.807, 2.05) is 36.4 Å². The number of hydrogen-bond donors (Lipinski definition) is 0. The van der Waals surface area contributed by atoms with E-state index in [9.17, 15) is 0 Å². The van der Waals surface area contributed by atoms with Gasteiger partial charge in [-0.05, 0) is 42.5 Å². The predicted octanol–water partition coefficient (Wildman–Crippen LogP) is 10.5. The van der Waals surface area contributed by atoms with E-state index in [2.05, 4.69) is 143 Å². The summed E-state index contributed by atoms with van der Waals surface area (Å²) in [5.41, 5.74) is 11.9. The second-order valence-electron chi connectivity index (χ2n) is 11.5. The summed E-state index contributed by atoms with van der Waals surface area (Å²) in [6.07, 6.45) is 0. The molecule has 0 aliphatic carbocycles. The summed E-state index contributed by atoms with van der Waals surface area (Å²) < 4.78 is 4.80. The van der Waals surface area contributed by atoms with Crippen molar-refractivity contribution in [3.8, 4) is 45.3 Å². The molecule has 4 heteroatoms. The Morgan fingerprint density at radius 2 is 0.761 bits per heavy atom. The van der Waals surface area contributed by atoms with Gasteiger partial charge < -0.3 is 9.13 Å². The molecule has 0 saturated heterocycles. The van der Waals surface area contributed by atoms with Gasteiger partial charge in [-0.1, -0.05) is 127 Å². The van der Waals surface area contributed by atoms with Crippen LogP contribution in [0.1, 0.15) is 0 Å². The average Bonchev–Trinajstić information content (AvgIpc) is 3.65. The highest BCUT2D eigenvalue weighted by Gasteiger charge is 2.21. The highest BCUT2D eigenvalue weighted by Crippen LogP contribution is 2.40. The number of rotatable bonds is 5. The summed E-state index contributed by atoms with van der Waals surface area (Å²) in [7, 11) is 0. The first kappa shape index (κ1) is 26.2. The van der Waals surface area contributed by atoms with Crippen molar-refractivity contribution in [2.24, 2.45) is 0 Å². The Morgan fingerprint density at radius 1 is 0.348 bits per heavy atom. The van der Waals surface area contributed by atoms with Gasteiger partial charge in [0, 0.05) is 38.8 Å². The molecule has 4 nitrogen and oxygen atoms in total. The summed E-state index contributed by atoms with van der Waals surface area (Å²) in [4.78, 5) is 10.0. The minimum absolute atomic E-state index is 0.716. The minimum atomic E-state index is 0.716. The maximum Gasteiger partial charge on any atom is 0.160 e. The Bertz CT molecular complexity index is 2430. The Kier molecular flexibility index (Phi) is 6.10. The molecule has 0 spiro atoms. The predicted molar refractivity (Wildman–Crippen MR) is 190 cm³/mol. The van der Waals surface area contributed by atoms with Crippen LogP contribution < -0.4 is 0 Å². The van der Waals surface area contributed by atoms with Crippen LogP contribution in [0, 0.1) is 0 Å². The molecule has 0 saturated carbocycles. The van der Waals surface area contributed by atoms with Crippen molar-refractivity contribution < 1.29 is 0 Å². The van der Waals surface area contributed by atoms with Crippen molar-refractivity contribution >= 4 is 32.8 Å². The molecule has 0 fully saturated rings. The van der Waals surface area contributed by atoms with Crippen molar-refractivity contribution in [2.75, 3.05) is 0 Å². The molecule has 3 heterocycles. The van der Waals surface area contributed by atoms with E-state index in [0.717, 1.165) is 39.5 Å². The zero-order valence-electron chi connectivity index (χ0n) is 25.0. The lowest BCUT2D eigenvalue weighted by atomic mass is 10.1. The van der Waals surface area contributed by atoms with Gasteiger partial charge in [0.15, 0.2) is 5.82 Å².